The number of carbonyl (C=O) groups is 2. The van der Waals surface area contributed by atoms with Gasteiger partial charge in [0.05, 0.1) is 29.9 Å². The van der Waals surface area contributed by atoms with Gasteiger partial charge in [0.2, 0.25) is 11.6 Å². The molecule has 3 aromatic carbocycles. The van der Waals surface area contributed by atoms with E-state index in [2.05, 4.69) is 5.10 Å². The molecule has 174 valence electrons. The summed E-state index contributed by atoms with van der Waals surface area (Å²) < 4.78 is 6.94. The summed E-state index contributed by atoms with van der Waals surface area (Å²) in [6, 6.07) is 22.4. The van der Waals surface area contributed by atoms with E-state index in [-0.39, 0.29) is 28.0 Å². The number of fused-ring (bicyclic) bond motifs is 1. The third kappa shape index (κ3) is 3.49. The summed E-state index contributed by atoms with van der Waals surface area (Å²) in [7, 11) is 1.49. The molecule has 7 heteroatoms. The van der Waals surface area contributed by atoms with Crippen molar-refractivity contribution in [3.8, 4) is 11.4 Å². The molecule has 1 heterocycles. The molecule has 35 heavy (non-hydrogen) atoms. The predicted octanol–water partition coefficient (Wildman–Crippen LogP) is 4.35. The molecule has 7 nitrogen and oxygen atoms in total. The smallest absolute Gasteiger partial charge is 0.275 e. The summed E-state index contributed by atoms with van der Waals surface area (Å²) in [5.74, 6) is -2.55. The Bertz CT molecular complexity index is 1560. The van der Waals surface area contributed by atoms with E-state index >= 15 is 0 Å². The Morgan fingerprint density at radius 1 is 0.829 bits per heavy atom. The Hall–Kier alpha value is -4.65. The molecule has 1 unspecified atom stereocenters. The first-order valence-corrected chi connectivity index (χ1v) is 11.1. The minimum atomic E-state index is -1.05. The van der Waals surface area contributed by atoms with Crippen LogP contribution < -0.4 is 10.3 Å². The summed E-state index contributed by atoms with van der Waals surface area (Å²) in [6.07, 6.45) is 0. The number of carbonyl (C=O) groups excluding carboxylic acids is 2. The van der Waals surface area contributed by atoms with Gasteiger partial charge in [-0.2, -0.15) is 0 Å². The van der Waals surface area contributed by atoms with Crippen molar-refractivity contribution in [2.75, 3.05) is 7.11 Å². The summed E-state index contributed by atoms with van der Waals surface area (Å²) in [5, 5.41) is 14.4. The first kappa shape index (κ1) is 22.2. The molecule has 1 aromatic heterocycles. The molecule has 0 amide bonds. The fraction of sp³-hybridized carbons (Fsp3) is 0.107. The summed E-state index contributed by atoms with van der Waals surface area (Å²) in [6.45, 7) is 1.72. The number of Topliss-reactive ketones (excluding diaryl/α,β-unsaturated/α-hetero) is 2. The van der Waals surface area contributed by atoms with Crippen LogP contribution in [0.25, 0.3) is 11.4 Å². The molecule has 4 aromatic rings. The molecule has 0 fully saturated rings. The minimum Gasteiger partial charge on any atom is -0.507 e. The van der Waals surface area contributed by atoms with E-state index < -0.39 is 23.0 Å². The van der Waals surface area contributed by atoms with E-state index in [1.54, 1.807) is 61.5 Å². The lowest BCUT2D eigenvalue weighted by molar-refractivity contribution is -0.112. The second kappa shape index (κ2) is 8.61. The van der Waals surface area contributed by atoms with Crippen LogP contribution in [0.15, 0.2) is 89.2 Å². The first-order chi connectivity index (χ1) is 16.9. The van der Waals surface area contributed by atoms with Crippen LogP contribution in [-0.4, -0.2) is 33.6 Å². The molecule has 2 N–H and O–H groups in total. The summed E-state index contributed by atoms with van der Waals surface area (Å²) >= 11 is 0. The van der Waals surface area contributed by atoms with Gasteiger partial charge >= 0.3 is 0 Å². The first-order valence-electron chi connectivity index (χ1n) is 11.1. The largest absolute Gasteiger partial charge is 0.507 e. The van der Waals surface area contributed by atoms with Gasteiger partial charge in [0.1, 0.15) is 11.5 Å². The molecule has 1 aliphatic carbocycles. The molecule has 0 bridgehead atoms. The van der Waals surface area contributed by atoms with Crippen LogP contribution in [0.4, 0.5) is 0 Å². The monoisotopic (exact) mass is 466 g/mol. The predicted molar refractivity (Wildman–Crippen MR) is 131 cm³/mol. The van der Waals surface area contributed by atoms with Crippen LogP contribution in [0.3, 0.4) is 0 Å². The molecule has 0 aliphatic heterocycles. The number of benzene rings is 3. The number of aliphatic hydroxyl groups excluding tert-OH is 1. The molecule has 0 radical (unpaired) electrons. The molecular formula is C28H22N2O5. The molecule has 0 spiro atoms. The standard InChI is InChI=1S/C28H22N2O5/c1-16-22(28(34)30(29-16)17-10-4-3-5-11-17)23(20-14-8-9-15-21(20)35-2)24-25(31)18-12-6-7-13-19(18)26(32)27(24)33/h3-15,23,29,31H,1-2H3. The average Bonchev–Trinajstić information content (AvgIpc) is 3.19. The highest BCUT2D eigenvalue weighted by Crippen LogP contribution is 2.42. The molecule has 1 aliphatic rings. The summed E-state index contributed by atoms with van der Waals surface area (Å²) in [5.41, 5.74) is 1.65. The van der Waals surface area contributed by atoms with Gasteiger partial charge in [-0.25, -0.2) is 4.68 Å². The van der Waals surface area contributed by atoms with Crippen molar-refractivity contribution < 1.29 is 19.4 Å². The van der Waals surface area contributed by atoms with E-state index in [1.165, 1.54) is 17.9 Å². The number of hydrogen-bond donors (Lipinski definition) is 2. The van der Waals surface area contributed by atoms with Crippen molar-refractivity contribution in [2.24, 2.45) is 0 Å². The number of aromatic amines is 1. The number of aliphatic hydroxyl groups is 1. The maximum atomic E-state index is 13.8. The lowest BCUT2D eigenvalue weighted by Gasteiger charge is -2.25. The van der Waals surface area contributed by atoms with Gasteiger partial charge in [0, 0.05) is 22.4 Å². The van der Waals surface area contributed by atoms with E-state index in [0.29, 0.717) is 22.7 Å². The number of rotatable bonds is 5. The van der Waals surface area contributed by atoms with Crippen molar-refractivity contribution in [3.05, 3.63) is 123 Å². The Balaban J connectivity index is 1.85. The number of para-hydroxylation sites is 2. The van der Waals surface area contributed by atoms with Crippen LogP contribution in [-0.2, 0) is 4.79 Å². The van der Waals surface area contributed by atoms with Crippen LogP contribution in [0.1, 0.15) is 38.7 Å². The van der Waals surface area contributed by atoms with Crippen LogP contribution >= 0.6 is 0 Å². The fourth-order valence-corrected chi connectivity index (χ4v) is 4.67. The van der Waals surface area contributed by atoms with Gasteiger partial charge in [0.15, 0.2) is 0 Å². The minimum absolute atomic E-state index is 0.130. The van der Waals surface area contributed by atoms with Gasteiger partial charge in [-0.1, -0.05) is 60.7 Å². The van der Waals surface area contributed by atoms with E-state index in [1.807, 2.05) is 18.2 Å². The van der Waals surface area contributed by atoms with E-state index in [4.69, 9.17) is 4.74 Å². The Labute approximate surface area is 200 Å². The Kier molecular flexibility index (Phi) is 5.45. The lowest BCUT2D eigenvalue weighted by Crippen LogP contribution is -2.30. The third-order valence-electron chi connectivity index (χ3n) is 6.29. The Morgan fingerprint density at radius 3 is 2.17 bits per heavy atom. The van der Waals surface area contributed by atoms with Crippen molar-refractivity contribution in [3.63, 3.8) is 0 Å². The Morgan fingerprint density at radius 2 is 1.46 bits per heavy atom. The highest BCUT2D eigenvalue weighted by Gasteiger charge is 2.41. The van der Waals surface area contributed by atoms with Gasteiger partial charge < -0.3 is 9.84 Å². The van der Waals surface area contributed by atoms with Crippen molar-refractivity contribution >= 4 is 17.3 Å². The number of H-pyrrole nitrogens is 1. The third-order valence-corrected chi connectivity index (χ3v) is 6.29. The SMILES string of the molecule is COc1ccccc1C(C1=C(O)c2ccccc2C(=O)C1=O)c1c(C)[nH]n(-c2ccccc2)c1=O. The summed E-state index contributed by atoms with van der Waals surface area (Å²) in [4.78, 5) is 40.3. The average molecular weight is 466 g/mol. The van der Waals surface area contributed by atoms with Gasteiger partial charge in [-0.3, -0.25) is 19.5 Å². The van der Waals surface area contributed by atoms with Crippen molar-refractivity contribution in [1.82, 2.24) is 9.78 Å². The number of hydrogen-bond acceptors (Lipinski definition) is 5. The molecule has 1 atom stereocenters. The topological polar surface area (TPSA) is 101 Å². The zero-order valence-electron chi connectivity index (χ0n) is 19.1. The van der Waals surface area contributed by atoms with Gasteiger partial charge in [0.25, 0.3) is 5.56 Å². The second-order valence-electron chi connectivity index (χ2n) is 8.27. The van der Waals surface area contributed by atoms with Gasteiger partial charge in [-0.05, 0) is 25.1 Å². The maximum Gasteiger partial charge on any atom is 0.275 e. The molecule has 5 rings (SSSR count). The number of allylic oxidation sites excluding steroid dienone is 1. The zero-order valence-corrected chi connectivity index (χ0v) is 19.1. The quantitative estimate of drug-likeness (QED) is 0.426. The maximum absolute atomic E-state index is 13.8. The van der Waals surface area contributed by atoms with Crippen LogP contribution in [0.5, 0.6) is 5.75 Å². The number of methoxy groups -OCH3 is 1. The molecular weight excluding hydrogens is 444 g/mol. The number of nitrogens with one attached hydrogen (secondary N) is 1. The number of ketones is 2. The molecule has 0 saturated carbocycles. The fourth-order valence-electron chi connectivity index (χ4n) is 4.67. The number of ether oxygens (including phenoxy) is 1. The van der Waals surface area contributed by atoms with Crippen molar-refractivity contribution in [1.29, 1.82) is 0 Å². The lowest BCUT2D eigenvalue weighted by atomic mass is 9.76. The normalized spacial score (nSPS) is 14.1. The van der Waals surface area contributed by atoms with Crippen LogP contribution in [0, 0.1) is 6.92 Å². The zero-order chi connectivity index (χ0) is 24.7. The van der Waals surface area contributed by atoms with E-state index in [0.717, 1.165) is 0 Å². The number of aromatic nitrogens is 2. The number of nitrogens with zero attached hydrogens (tertiary/aromatic N) is 1. The second-order valence-corrected chi connectivity index (χ2v) is 8.27. The van der Waals surface area contributed by atoms with Crippen molar-refractivity contribution in [2.45, 2.75) is 12.8 Å². The van der Waals surface area contributed by atoms with E-state index in [9.17, 15) is 19.5 Å². The molecule has 0 saturated heterocycles. The highest BCUT2D eigenvalue weighted by atomic mass is 16.5. The highest BCUT2D eigenvalue weighted by molar-refractivity contribution is 6.52. The van der Waals surface area contributed by atoms with Gasteiger partial charge in [-0.15, -0.1) is 0 Å². The van der Waals surface area contributed by atoms with Crippen LogP contribution in [0.2, 0.25) is 0 Å². The number of aryl methyl sites for hydroxylation is 1.